The first-order chi connectivity index (χ1) is 27.1. The van der Waals surface area contributed by atoms with Crippen molar-refractivity contribution in [1.82, 2.24) is 15.5 Å². The van der Waals surface area contributed by atoms with Gasteiger partial charge < -0.3 is 20.5 Å². The van der Waals surface area contributed by atoms with Crippen LogP contribution in [0, 0.1) is 0 Å². The minimum Gasteiger partial charge on any atom is -0.497 e. The highest BCUT2D eigenvalue weighted by molar-refractivity contribution is 6.25. The third-order valence-corrected chi connectivity index (χ3v) is 10.0. The molecule has 0 aliphatic carbocycles. The number of hydrogen-bond donors (Lipinski definition) is 4. The van der Waals surface area contributed by atoms with Crippen molar-refractivity contribution in [1.29, 1.82) is 0 Å². The quantitative estimate of drug-likeness (QED) is 0.0519. The molecule has 4 aromatic rings. The number of unbranched alkanes of at least 4 members (excludes halogenated alkanes) is 5. The molecular weight excluding hydrogens is 713 g/mol. The maximum absolute atomic E-state index is 13.3. The Labute approximate surface area is 324 Å². The standard InChI is InChI=1S/C44H44N4O8/c1-56-33-21-19-31(20-24-39(50)51)35(27-33)30-15-11-28(12-16-30)29-13-17-32(18-14-29)41(52)46-26-7-5-3-2-4-6-25-45-36-10-8-9-34-40(36)44(55)48(43(34)54)37-22-23-38(49)47-42(37)53/h8-21,24,27,37,45H,2-7,22-23,25-26H2,1H3,(H,46,52)(H,50,51)(H,47,49,53)/b24-20+. The van der Waals surface area contributed by atoms with Gasteiger partial charge in [0, 0.05) is 36.8 Å². The number of carboxylic acid groups (broad SMARTS) is 1. The number of aliphatic carboxylic acids is 1. The molecular formula is C44H44N4O8. The summed E-state index contributed by atoms with van der Waals surface area (Å²) in [7, 11) is 1.59. The van der Waals surface area contributed by atoms with Crippen LogP contribution in [-0.2, 0) is 14.4 Å². The van der Waals surface area contributed by atoms with Crippen molar-refractivity contribution in [3.05, 3.63) is 113 Å². The van der Waals surface area contributed by atoms with Crippen molar-refractivity contribution >= 4 is 47.3 Å². The number of rotatable bonds is 17. The van der Waals surface area contributed by atoms with E-state index in [0.29, 0.717) is 30.1 Å². The lowest BCUT2D eigenvalue weighted by Crippen LogP contribution is -2.54. The average molecular weight is 757 g/mol. The molecule has 288 valence electrons. The Kier molecular flexibility index (Phi) is 12.7. The molecule has 2 heterocycles. The van der Waals surface area contributed by atoms with Crippen molar-refractivity contribution in [3.63, 3.8) is 0 Å². The van der Waals surface area contributed by atoms with E-state index in [2.05, 4.69) is 16.0 Å². The number of carbonyl (C=O) groups is 6. The average Bonchev–Trinajstić information content (AvgIpc) is 3.46. The molecule has 1 unspecified atom stereocenters. The van der Waals surface area contributed by atoms with E-state index in [-0.39, 0.29) is 29.9 Å². The highest BCUT2D eigenvalue weighted by atomic mass is 16.5. The Morgan fingerprint density at radius 1 is 0.804 bits per heavy atom. The first kappa shape index (κ1) is 39.1. The number of methoxy groups -OCH3 is 1. The smallest absolute Gasteiger partial charge is 0.328 e. The van der Waals surface area contributed by atoms with Crippen LogP contribution in [0.2, 0.25) is 0 Å². The van der Waals surface area contributed by atoms with E-state index >= 15 is 0 Å². The fourth-order valence-corrected chi connectivity index (χ4v) is 7.02. The Hall–Kier alpha value is -6.56. The summed E-state index contributed by atoms with van der Waals surface area (Å²) in [4.78, 5) is 75.1. The van der Waals surface area contributed by atoms with Gasteiger partial charge in [0.1, 0.15) is 11.8 Å². The second-order valence-corrected chi connectivity index (χ2v) is 13.8. The minimum absolute atomic E-state index is 0.0750. The van der Waals surface area contributed by atoms with Gasteiger partial charge in [0.15, 0.2) is 0 Å². The summed E-state index contributed by atoms with van der Waals surface area (Å²) in [6.07, 6.45) is 8.61. The first-order valence-corrected chi connectivity index (χ1v) is 18.8. The number of carbonyl (C=O) groups excluding carboxylic acids is 5. The summed E-state index contributed by atoms with van der Waals surface area (Å²) in [5, 5.41) is 17.6. The van der Waals surface area contributed by atoms with Crippen LogP contribution >= 0.6 is 0 Å². The molecule has 1 fully saturated rings. The highest BCUT2D eigenvalue weighted by Gasteiger charge is 2.45. The molecule has 1 saturated heterocycles. The molecule has 12 nitrogen and oxygen atoms in total. The summed E-state index contributed by atoms with van der Waals surface area (Å²) >= 11 is 0. The van der Waals surface area contributed by atoms with Gasteiger partial charge in [-0.05, 0) is 89.6 Å². The Balaban J connectivity index is 0.889. The molecule has 12 heteroatoms. The normalized spacial score (nSPS) is 15.2. The van der Waals surface area contributed by atoms with Gasteiger partial charge in [-0.25, -0.2) is 4.79 Å². The van der Waals surface area contributed by atoms with Gasteiger partial charge in [-0.15, -0.1) is 0 Å². The van der Waals surface area contributed by atoms with Crippen LogP contribution in [0.3, 0.4) is 0 Å². The van der Waals surface area contributed by atoms with E-state index in [1.54, 1.807) is 37.5 Å². The van der Waals surface area contributed by atoms with Gasteiger partial charge in [0.05, 0.1) is 18.2 Å². The molecule has 0 spiro atoms. The Bertz CT molecular complexity index is 2160. The Morgan fingerprint density at radius 2 is 1.46 bits per heavy atom. The van der Waals surface area contributed by atoms with Gasteiger partial charge in [0.25, 0.3) is 17.7 Å². The maximum Gasteiger partial charge on any atom is 0.328 e. The molecule has 4 aromatic carbocycles. The number of nitrogens with one attached hydrogen (secondary N) is 3. The zero-order chi connectivity index (χ0) is 39.6. The number of nitrogens with zero attached hydrogens (tertiary/aromatic N) is 1. The van der Waals surface area contributed by atoms with E-state index in [1.807, 2.05) is 60.7 Å². The number of benzene rings is 4. The summed E-state index contributed by atoms with van der Waals surface area (Å²) in [5.41, 5.74) is 6.14. The fourth-order valence-electron chi connectivity index (χ4n) is 7.02. The van der Waals surface area contributed by atoms with E-state index in [9.17, 15) is 28.8 Å². The highest BCUT2D eigenvalue weighted by Crippen LogP contribution is 2.33. The third kappa shape index (κ3) is 9.20. The zero-order valence-corrected chi connectivity index (χ0v) is 31.1. The number of fused-ring (bicyclic) bond motifs is 1. The van der Waals surface area contributed by atoms with Gasteiger partial charge in [-0.1, -0.05) is 74.2 Å². The predicted molar refractivity (Wildman–Crippen MR) is 212 cm³/mol. The van der Waals surface area contributed by atoms with E-state index in [1.165, 1.54) is 0 Å². The lowest BCUT2D eigenvalue weighted by Gasteiger charge is -2.27. The van der Waals surface area contributed by atoms with Crippen LogP contribution < -0.4 is 20.7 Å². The minimum atomic E-state index is -1.02. The molecule has 2 aliphatic rings. The summed E-state index contributed by atoms with van der Waals surface area (Å²) in [5.74, 6) is -2.55. The molecule has 5 amide bonds. The molecule has 56 heavy (non-hydrogen) atoms. The number of anilines is 1. The first-order valence-electron chi connectivity index (χ1n) is 18.8. The van der Waals surface area contributed by atoms with Crippen LogP contribution in [0.5, 0.6) is 5.75 Å². The molecule has 0 radical (unpaired) electrons. The molecule has 0 aromatic heterocycles. The van der Waals surface area contributed by atoms with Gasteiger partial charge in [-0.2, -0.15) is 0 Å². The fraction of sp³-hybridized carbons (Fsp3) is 0.273. The molecule has 4 N–H and O–H groups in total. The second kappa shape index (κ2) is 18.2. The summed E-state index contributed by atoms with van der Waals surface area (Å²) in [6.45, 7) is 1.20. The number of hydrogen-bond acceptors (Lipinski definition) is 8. The molecule has 1 atom stereocenters. The van der Waals surface area contributed by atoms with Crippen LogP contribution in [0.4, 0.5) is 5.69 Å². The van der Waals surface area contributed by atoms with E-state index < -0.39 is 35.6 Å². The predicted octanol–water partition coefficient (Wildman–Crippen LogP) is 6.71. The van der Waals surface area contributed by atoms with Crippen molar-refractivity contribution < 1.29 is 38.6 Å². The van der Waals surface area contributed by atoms with Crippen molar-refractivity contribution in [2.75, 3.05) is 25.5 Å². The second-order valence-electron chi connectivity index (χ2n) is 13.8. The van der Waals surface area contributed by atoms with Crippen molar-refractivity contribution in [3.8, 4) is 28.0 Å². The monoisotopic (exact) mass is 756 g/mol. The molecule has 2 aliphatic heterocycles. The number of amides is 5. The van der Waals surface area contributed by atoms with E-state index in [4.69, 9.17) is 9.84 Å². The van der Waals surface area contributed by atoms with Gasteiger partial charge >= 0.3 is 5.97 Å². The van der Waals surface area contributed by atoms with Gasteiger partial charge in [-0.3, -0.25) is 34.2 Å². The van der Waals surface area contributed by atoms with Crippen LogP contribution in [0.1, 0.15) is 88.0 Å². The van der Waals surface area contributed by atoms with Gasteiger partial charge in [0.2, 0.25) is 11.8 Å². The largest absolute Gasteiger partial charge is 0.497 e. The van der Waals surface area contributed by atoms with Crippen LogP contribution in [0.15, 0.2) is 91.0 Å². The number of carboxylic acids is 1. The van der Waals surface area contributed by atoms with Crippen LogP contribution in [0.25, 0.3) is 28.3 Å². The lowest BCUT2D eigenvalue weighted by atomic mass is 9.96. The van der Waals surface area contributed by atoms with Crippen molar-refractivity contribution in [2.45, 2.75) is 57.4 Å². The topological polar surface area (TPSA) is 171 Å². The van der Waals surface area contributed by atoms with Crippen molar-refractivity contribution in [2.24, 2.45) is 0 Å². The SMILES string of the molecule is COc1ccc(/C=C/C(=O)O)c(-c2ccc(-c3ccc(C(=O)NCCCCCCCCNc4cccc5c4C(=O)N(C4CCC(=O)NC4=O)C5=O)cc3)cc2)c1. The summed E-state index contributed by atoms with van der Waals surface area (Å²) in [6, 6.07) is 25.0. The van der Waals surface area contributed by atoms with E-state index in [0.717, 1.165) is 77.3 Å². The molecule has 0 saturated carbocycles. The number of piperidine rings is 1. The number of imide groups is 2. The third-order valence-electron chi connectivity index (χ3n) is 10.0. The zero-order valence-electron chi connectivity index (χ0n) is 31.1. The maximum atomic E-state index is 13.3. The lowest BCUT2D eigenvalue weighted by molar-refractivity contribution is -0.136. The van der Waals surface area contributed by atoms with Crippen LogP contribution in [-0.4, -0.2) is 71.8 Å². The molecule has 6 rings (SSSR count). The molecule has 0 bridgehead atoms. The Morgan fingerprint density at radius 3 is 2.14 bits per heavy atom. The number of ether oxygens (including phenoxy) is 1. The summed E-state index contributed by atoms with van der Waals surface area (Å²) < 4.78 is 5.38.